The molecular weight excluding hydrogens is 472 g/mol. The van der Waals surface area contributed by atoms with E-state index in [1.807, 2.05) is 34.6 Å². The third-order valence-corrected chi connectivity index (χ3v) is 11.6. The van der Waals surface area contributed by atoms with Gasteiger partial charge in [0.15, 0.2) is 5.78 Å². The van der Waals surface area contributed by atoms with Crippen LogP contribution in [-0.4, -0.2) is 50.8 Å². The minimum Gasteiger partial charge on any atom is -0.481 e. The molecule has 0 amide bonds. The number of Topliss-reactive ketones (excluding diaryl/α,β-unsaturated/α-hetero) is 3. The Balaban J connectivity index is 1.74. The van der Waals surface area contributed by atoms with Gasteiger partial charge in [-0.05, 0) is 65.8 Å². The molecule has 0 radical (unpaired) electrons. The van der Waals surface area contributed by atoms with Crippen molar-refractivity contribution in [1.29, 1.82) is 0 Å². The summed E-state index contributed by atoms with van der Waals surface area (Å²) in [5, 5.41) is 31.6. The third kappa shape index (κ3) is 3.82. The summed E-state index contributed by atoms with van der Waals surface area (Å²) < 4.78 is 0. The molecule has 2 saturated carbocycles. The molecule has 4 aliphatic carbocycles. The molecule has 4 rings (SSSR count). The first kappa shape index (κ1) is 28.2. The van der Waals surface area contributed by atoms with Crippen LogP contribution in [0.15, 0.2) is 11.1 Å². The monoisotopic (exact) mass is 516 g/mol. The van der Waals surface area contributed by atoms with Gasteiger partial charge in [-0.1, -0.05) is 41.5 Å². The normalized spacial score (nSPS) is 42.5. The standard InChI is InChI=1S/C30H44O7/c1-15(10-17(31)11-16(2)26(36)37)18-12-23(35)30(7)25-19(32)13-21-27(3,4)22(34)8-9-28(21,5)24(25)20(33)14-29(18,30)6/h15-16,18-19,21-22,32,34H,8-14H2,1-7H3,(H,36,37)/t15-,16-,18-,19-,21-,22+,28+,29-,30+/m1/s1. The van der Waals surface area contributed by atoms with E-state index >= 15 is 0 Å². The number of carbonyl (C=O) groups is 4. The zero-order valence-electron chi connectivity index (χ0n) is 23.4. The van der Waals surface area contributed by atoms with Gasteiger partial charge in [-0.2, -0.15) is 0 Å². The van der Waals surface area contributed by atoms with Crippen molar-refractivity contribution in [2.24, 2.45) is 45.3 Å². The lowest BCUT2D eigenvalue weighted by Crippen LogP contribution is -2.60. The van der Waals surface area contributed by atoms with Crippen molar-refractivity contribution in [2.75, 3.05) is 0 Å². The van der Waals surface area contributed by atoms with Crippen LogP contribution in [0.5, 0.6) is 0 Å². The van der Waals surface area contributed by atoms with Gasteiger partial charge < -0.3 is 15.3 Å². The van der Waals surface area contributed by atoms with Crippen LogP contribution in [0, 0.1) is 45.3 Å². The molecule has 0 bridgehead atoms. The SMILES string of the molecule is C[C@H](CC(=O)C[C@@H](C)[C@H]1CC(=O)[C@@]2(C)C3=C(C(=O)C[C@]12C)[C@@]1(C)CC[C@H](O)C(C)(C)[C@H]1C[C@H]3O)C(=O)O. The number of hydrogen-bond acceptors (Lipinski definition) is 6. The highest BCUT2D eigenvalue weighted by atomic mass is 16.4. The predicted octanol–water partition coefficient (Wildman–Crippen LogP) is 4.13. The highest BCUT2D eigenvalue weighted by Gasteiger charge is 2.70. The molecule has 0 aromatic rings. The van der Waals surface area contributed by atoms with Crippen LogP contribution >= 0.6 is 0 Å². The molecule has 0 saturated heterocycles. The van der Waals surface area contributed by atoms with Crippen molar-refractivity contribution in [2.45, 2.75) is 106 Å². The molecule has 206 valence electrons. The van der Waals surface area contributed by atoms with E-state index in [-0.39, 0.29) is 60.8 Å². The van der Waals surface area contributed by atoms with Gasteiger partial charge in [0.2, 0.25) is 0 Å². The third-order valence-electron chi connectivity index (χ3n) is 11.6. The summed E-state index contributed by atoms with van der Waals surface area (Å²) in [7, 11) is 0. The first-order chi connectivity index (χ1) is 16.9. The van der Waals surface area contributed by atoms with E-state index in [4.69, 9.17) is 0 Å². The van der Waals surface area contributed by atoms with Crippen molar-refractivity contribution < 1.29 is 34.5 Å². The van der Waals surface area contributed by atoms with Gasteiger partial charge in [-0.25, -0.2) is 0 Å². The fourth-order valence-electron chi connectivity index (χ4n) is 9.12. The van der Waals surface area contributed by atoms with Gasteiger partial charge in [0, 0.05) is 31.3 Å². The van der Waals surface area contributed by atoms with Gasteiger partial charge in [0.05, 0.1) is 23.5 Å². The number of carboxylic acids is 1. The van der Waals surface area contributed by atoms with Crippen molar-refractivity contribution in [3.05, 3.63) is 11.1 Å². The van der Waals surface area contributed by atoms with Crippen LogP contribution in [-0.2, 0) is 19.2 Å². The van der Waals surface area contributed by atoms with Crippen molar-refractivity contribution >= 4 is 23.3 Å². The van der Waals surface area contributed by atoms with E-state index in [0.717, 1.165) is 0 Å². The quantitative estimate of drug-likeness (QED) is 0.484. The zero-order valence-corrected chi connectivity index (χ0v) is 23.4. The molecule has 7 nitrogen and oxygen atoms in total. The van der Waals surface area contributed by atoms with Gasteiger partial charge >= 0.3 is 5.97 Å². The summed E-state index contributed by atoms with van der Waals surface area (Å²) in [5.41, 5.74) is -1.55. The number of rotatable bonds is 6. The summed E-state index contributed by atoms with van der Waals surface area (Å²) in [6.07, 6.45) is 0.671. The summed E-state index contributed by atoms with van der Waals surface area (Å²) in [5.74, 6) is -2.45. The minimum atomic E-state index is -1.01. The van der Waals surface area contributed by atoms with Crippen LogP contribution in [0.1, 0.15) is 93.4 Å². The lowest BCUT2D eigenvalue weighted by atomic mass is 9.42. The Labute approximate surface area is 220 Å². The average molecular weight is 517 g/mol. The fourth-order valence-corrected chi connectivity index (χ4v) is 9.12. The molecule has 7 heteroatoms. The lowest BCUT2D eigenvalue weighted by molar-refractivity contribution is -0.144. The Morgan fingerprint density at radius 1 is 1.03 bits per heavy atom. The molecule has 9 atom stereocenters. The molecule has 0 aliphatic heterocycles. The number of ketones is 3. The number of carbonyl (C=O) groups excluding carboxylic acids is 3. The van der Waals surface area contributed by atoms with Crippen molar-refractivity contribution in [1.82, 2.24) is 0 Å². The van der Waals surface area contributed by atoms with Gasteiger partial charge in [-0.15, -0.1) is 0 Å². The van der Waals surface area contributed by atoms with Crippen molar-refractivity contribution in [3.63, 3.8) is 0 Å². The van der Waals surface area contributed by atoms with E-state index in [0.29, 0.717) is 30.4 Å². The molecule has 37 heavy (non-hydrogen) atoms. The molecule has 0 aromatic heterocycles. The lowest BCUT2D eigenvalue weighted by Gasteiger charge is -2.61. The topological polar surface area (TPSA) is 129 Å². The van der Waals surface area contributed by atoms with Crippen LogP contribution < -0.4 is 0 Å². The van der Waals surface area contributed by atoms with Gasteiger partial charge in [0.1, 0.15) is 11.6 Å². The highest BCUT2D eigenvalue weighted by molar-refractivity contribution is 6.05. The second kappa shape index (κ2) is 8.84. The van der Waals surface area contributed by atoms with Crippen LogP contribution in [0.25, 0.3) is 0 Å². The summed E-state index contributed by atoms with van der Waals surface area (Å²) in [4.78, 5) is 51.9. The van der Waals surface area contributed by atoms with Gasteiger partial charge in [0.25, 0.3) is 0 Å². The predicted molar refractivity (Wildman–Crippen MR) is 137 cm³/mol. The van der Waals surface area contributed by atoms with E-state index in [9.17, 15) is 34.5 Å². The Morgan fingerprint density at radius 3 is 2.24 bits per heavy atom. The number of aliphatic carboxylic acids is 1. The molecule has 0 aromatic carbocycles. The molecule has 0 unspecified atom stereocenters. The maximum atomic E-state index is 14.1. The average Bonchev–Trinajstić information content (AvgIpc) is 2.99. The van der Waals surface area contributed by atoms with E-state index in [1.165, 1.54) is 6.92 Å². The molecule has 2 fully saturated rings. The highest BCUT2D eigenvalue weighted by Crippen LogP contribution is 2.70. The van der Waals surface area contributed by atoms with Crippen LogP contribution in [0.4, 0.5) is 0 Å². The van der Waals surface area contributed by atoms with E-state index in [1.54, 1.807) is 0 Å². The number of aliphatic hydroxyl groups is 2. The van der Waals surface area contributed by atoms with Crippen LogP contribution in [0.2, 0.25) is 0 Å². The van der Waals surface area contributed by atoms with E-state index < -0.39 is 45.8 Å². The zero-order chi connectivity index (χ0) is 27.9. The number of allylic oxidation sites excluding steroid dienone is 1. The summed E-state index contributed by atoms with van der Waals surface area (Å²) in [6.45, 7) is 13.4. The number of carboxylic acid groups (broad SMARTS) is 1. The van der Waals surface area contributed by atoms with E-state index in [2.05, 4.69) is 6.92 Å². The number of aliphatic hydroxyl groups excluding tert-OH is 2. The molecule has 4 aliphatic rings. The van der Waals surface area contributed by atoms with Crippen LogP contribution in [0.3, 0.4) is 0 Å². The summed E-state index contributed by atoms with van der Waals surface area (Å²) >= 11 is 0. The first-order valence-electron chi connectivity index (χ1n) is 13.8. The Morgan fingerprint density at radius 2 is 1.65 bits per heavy atom. The molecule has 3 N–H and O–H groups in total. The second-order valence-corrected chi connectivity index (χ2v) is 13.9. The van der Waals surface area contributed by atoms with Crippen molar-refractivity contribution in [3.8, 4) is 0 Å². The molecular formula is C30H44O7. The molecule has 0 spiro atoms. The maximum Gasteiger partial charge on any atom is 0.306 e. The number of hydrogen-bond donors (Lipinski definition) is 3. The Bertz CT molecular complexity index is 1070. The minimum absolute atomic E-state index is 0.00871. The largest absolute Gasteiger partial charge is 0.481 e. The first-order valence-corrected chi connectivity index (χ1v) is 13.8. The fraction of sp³-hybridized carbons (Fsp3) is 0.800. The Kier molecular flexibility index (Phi) is 6.72. The molecule has 0 heterocycles. The second-order valence-electron chi connectivity index (χ2n) is 13.9. The maximum absolute atomic E-state index is 14.1. The summed E-state index contributed by atoms with van der Waals surface area (Å²) in [6, 6.07) is 0. The van der Waals surface area contributed by atoms with Gasteiger partial charge in [-0.3, -0.25) is 19.2 Å². The number of fused-ring (bicyclic) bond motifs is 4. The smallest absolute Gasteiger partial charge is 0.306 e. The Hall–Kier alpha value is -1.86.